The highest BCUT2D eigenvalue weighted by Gasteiger charge is 2.14. The monoisotopic (exact) mass is 463 g/mol. The number of rotatable bonds is 8. The van der Waals surface area contributed by atoms with E-state index in [4.69, 9.17) is 19.4 Å². The second-order valence-electron chi connectivity index (χ2n) is 7.17. The second-order valence-corrected chi connectivity index (χ2v) is 8.13. The first-order chi connectivity index (χ1) is 16.1. The number of anilines is 1. The number of hydrogen-bond acceptors (Lipinski definition) is 6. The molecule has 33 heavy (non-hydrogen) atoms. The molecule has 168 valence electrons. The van der Waals surface area contributed by atoms with Crippen LogP contribution in [0.15, 0.2) is 71.8 Å². The summed E-state index contributed by atoms with van der Waals surface area (Å²) in [5, 5.41) is 3.52. The van der Waals surface area contributed by atoms with Crippen molar-refractivity contribution >= 4 is 34.4 Å². The lowest BCUT2D eigenvalue weighted by molar-refractivity contribution is -0.113. The number of aromatic nitrogens is 2. The maximum Gasteiger partial charge on any atom is 0.234 e. The fourth-order valence-electron chi connectivity index (χ4n) is 3.28. The summed E-state index contributed by atoms with van der Waals surface area (Å²) in [6.07, 6.45) is 0.478. The third kappa shape index (κ3) is 5.59. The SMILES string of the molecule is COc1ccc(OC)c(NC(=O)CSc2nc3ccccc3nc2Cc2ccc(F)cc2)c1. The maximum absolute atomic E-state index is 13.3. The minimum absolute atomic E-state index is 0.129. The first kappa shape index (κ1) is 22.5. The van der Waals surface area contributed by atoms with Gasteiger partial charge in [0, 0.05) is 12.5 Å². The molecule has 1 amide bonds. The van der Waals surface area contributed by atoms with Gasteiger partial charge in [-0.05, 0) is 42.0 Å². The van der Waals surface area contributed by atoms with Crippen LogP contribution in [-0.2, 0) is 11.2 Å². The topological polar surface area (TPSA) is 73.3 Å². The van der Waals surface area contributed by atoms with Crippen LogP contribution in [0, 0.1) is 5.82 Å². The zero-order valence-corrected chi connectivity index (χ0v) is 19.0. The van der Waals surface area contributed by atoms with Crippen molar-refractivity contribution in [3.63, 3.8) is 0 Å². The van der Waals surface area contributed by atoms with E-state index in [-0.39, 0.29) is 17.5 Å². The molecule has 0 saturated carbocycles. The van der Waals surface area contributed by atoms with Crippen molar-refractivity contribution in [1.29, 1.82) is 0 Å². The number of amides is 1. The molecule has 3 aromatic carbocycles. The number of halogens is 1. The Morgan fingerprint density at radius 1 is 0.970 bits per heavy atom. The van der Waals surface area contributed by atoms with Crippen LogP contribution in [0.1, 0.15) is 11.3 Å². The molecule has 4 aromatic rings. The van der Waals surface area contributed by atoms with E-state index in [1.54, 1.807) is 44.6 Å². The van der Waals surface area contributed by atoms with Crippen LogP contribution < -0.4 is 14.8 Å². The summed E-state index contributed by atoms with van der Waals surface area (Å²) < 4.78 is 23.9. The smallest absolute Gasteiger partial charge is 0.234 e. The molecule has 6 nitrogen and oxygen atoms in total. The van der Waals surface area contributed by atoms with E-state index in [1.807, 2.05) is 24.3 Å². The van der Waals surface area contributed by atoms with Crippen molar-refractivity contribution in [2.24, 2.45) is 0 Å². The zero-order valence-electron chi connectivity index (χ0n) is 18.2. The molecule has 4 rings (SSSR count). The number of carbonyl (C=O) groups is 1. The highest BCUT2D eigenvalue weighted by atomic mass is 32.2. The van der Waals surface area contributed by atoms with Gasteiger partial charge in [0.15, 0.2) is 0 Å². The van der Waals surface area contributed by atoms with Crippen LogP contribution >= 0.6 is 11.8 Å². The molecule has 0 spiro atoms. The molecule has 1 heterocycles. The van der Waals surface area contributed by atoms with E-state index in [0.29, 0.717) is 28.6 Å². The summed E-state index contributed by atoms with van der Waals surface area (Å²) in [6.45, 7) is 0. The summed E-state index contributed by atoms with van der Waals surface area (Å²) in [5.41, 5.74) is 3.69. The van der Waals surface area contributed by atoms with Crippen LogP contribution in [0.5, 0.6) is 11.5 Å². The van der Waals surface area contributed by atoms with Crippen LogP contribution in [0.2, 0.25) is 0 Å². The van der Waals surface area contributed by atoms with Gasteiger partial charge in [-0.1, -0.05) is 36.0 Å². The van der Waals surface area contributed by atoms with E-state index in [9.17, 15) is 9.18 Å². The van der Waals surface area contributed by atoms with Crippen molar-refractivity contribution in [2.75, 3.05) is 25.3 Å². The van der Waals surface area contributed by atoms with E-state index in [1.165, 1.54) is 23.9 Å². The van der Waals surface area contributed by atoms with Gasteiger partial charge < -0.3 is 14.8 Å². The molecule has 0 radical (unpaired) electrons. The Balaban J connectivity index is 1.55. The second kappa shape index (κ2) is 10.3. The molecular formula is C25H22FN3O3S. The van der Waals surface area contributed by atoms with Crippen LogP contribution in [0.4, 0.5) is 10.1 Å². The molecule has 0 fully saturated rings. The van der Waals surface area contributed by atoms with Gasteiger partial charge in [0.25, 0.3) is 0 Å². The van der Waals surface area contributed by atoms with Gasteiger partial charge in [0.1, 0.15) is 22.3 Å². The highest BCUT2D eigenvalue weighted by molar-refractivity contribution is 8.00. The molecule has 0 aliphatic heterocycles. The summed E-state index contributed by atoms with van der Waals surface area (Å²) in [7, 11) is 3.10. The average molecular weight is 464 g/mol. The van der Waals surface area contributed by atoms with Crippen molar-refractivity contribution in [3.8, 4) is 11.5 Å². The van der Waals surface area contributed by atoms with Crippen LogP contribution in [0.25, 0.3) is 11.0 Å². The van der Waals surface area contributed by atoms with Crippen molar-refractivity contribution in [3.05, 3.63) is 83.8 Å². The predicted molar refractivity (Wildman–Crippen MR) is 128 cm³/mol. The Hall–Kier alpha value is -3.65. The summed E-state index contributed by atoms with van der Waals surface area (Å²) >= 11 is 1.30. The maximum atomic E-state index is 13.3. The lowest BCUT2D eigenvalue weighted by atomic mass is 10.1. The van der Waals surface area contributed by atoms with E-state index in [0.717, 1.165) is 22.3 Å². The fraction of sp³-hybridized carbons (Fsp3) is 0.160. The fourth-order valence-corrected chi connectivity index (χ4v) is 4.07. The zero-order chi connectivity index (χ0) is 23.2. The molecule has 1 N–H and O–H groups in total. The summed E-state index contributed by atoms with van der Waals surface area (Å²) in [4.78, 5) is 22.2. The van der Waals surface area contributed by atoms with Gasteiger partial charge in [0.05, 0.1) is 42.4 Å². The Kier molecular flexibility index (Phi) is 7.04. The number of benzene rings is 3. The molecule has 0 unspecified atom stereocenters. The van der Waals surface area contributed by atoms with Crippen LogP contribution in [0.3, 0.4) is 0 Å². The number of para-hydroxylation sites is 2. The lowest BCUT2D eigenvalue weighted by Crippen LogP contribution is -2.15. The minimum Gasteiger partial charge on any atom is -0.497 e. The highest BCUT2D eigenvalue weighted by Crippen LogP contribution is 2.30. The predicted octanol–water partition coefficient (Wildman–Crippen LogP) is 5.11. The van der Waals surface area contributed by atoms with Gasteiger partial charge in [-0.2, -0.15) is 0 Å². The van der Waals surface area contributed by atoms with Crippen molar-refractivity contribution in [2.45, 2.75) is 11.4 Å². The number of methoxy groups -OCH3 is 2. The van der Waals surface area contributed by atoms with Gasteiger partial charge in [-0.15, -0.1) is 0 Å². The number of nitrogens with one attached hydrogen (secondary N) is 1. The number of nitrogens with zero attached hydrogens (tertiary/aromatic N) is 2. The number of carbonyl (C=O) groups excluding carboxylic acids is 1. The van der Waals surface area contributed by atoms with Gasteiger partial charge in [0.2, 0.25) is 5.91 Å². The van der Waals surface area contributed by atoms with E-state index >= 15 is 0 Å². The van der Waals surface area contributed by atoms with Crippen molar-refractivity contribution < 1.29 is 18.7 Å². The number of ether oxygens (including phenoxy) is 2. The molecule has 0 saturated heterocycles. The first-order valence-electron chi connectivity index (χ1n) is 10.2. The molecule has 0 aliphatic rings. The van der Waals surface area contributed by atoms with Gasteiger partial charge in [-0.25, -0.2) is 14.4 Å². The molecule has 0 atom stereocenters. The van der Waals surface area contributed by atoms with Gasteiger partial charge in [-0.3, -0.25) is 4.79 Å². The molecule has 8 heteroatoms. The largest absolute Gasteiger partial charge is 0.497 e. The number of hydrogen-bond donors (Lipinski definition) is 1. The van der Waals surface area contributed by atoms with E-state index in [2.05, 4.69) is 5.32 Å². The average Bonchev–Trinajstić information content (AvgIpc) is 2.84. The minimum atomic E-state index is -0.289. The first-order valence-corrected chi connectivity index (χ1v) is 11.2. The quantitative estimate of drug-likeness (QED) is 0.366. The third-order valence-electron chi connectivity index (χ3n) is 4.91. The summed E-state index contributed by atoms with van der Waals surface area (Å²) in [6, 6.07) is 19.1. The summed E-state index contributed by atoms with van der Waals surface area (Å²) in [5.74, 6) is 0.776. The lowest BCUT2D eigenvalue weighted by Gasteiger charge is -2.12. The Labute approximate surface area is 195 Å². The molecule has 1 aromatic heterocycles. The Morgan fingerprint density at radius 3 is 2.39 bits per heavy atom. The van der Waals surface area contributed by atoms with Crippen molar-refractivity contribution in [1.82, 2.24) is 9.97 Å². The van der Waals surface area contributed by atoms with Crippen LogP contribution in [-0.4, -0.2) is 35.8 Å². The normalized spacial score (nSPS) is 10.8. The van der Waals surface area contributed by atoms with Gasteiger partial charge >= 0.3 is 0 Å². The Morgan fingerprint density at radius 2 is 1.70 bits per heavy atom. The standard InChI is InChI=1S/C25H22FN3O3S/c1-31-18-11-12-23(32-2)21(14-18)28-24(30)15-33-25-22(13-16-7-9-17(26)10-8-16)27-19-5-3-4-6-20(19)29-25/h3-12,14H,13,15H2,1-2H3,(H,28,30). The van der Waals surface area contributed by atoms with E-state index < -0.39 is 0 Å². The third-order valence-corrected chi connectivity index (χ3v) is 5.92. The molecule has 0 aliphatic carbocycles. The number of fused-ring (bicyclic) bond motifs is 1. The number of thioether (sulfide) groups is 1. The Bertz CT molecular complexity index is 1280. The molecular weight excluding hydrogens is 441 g/mol. The molecule has 0 bridgehead atoms.